The lowest BCUT2D eigenvalue weighted by molar-refractivity contribution is -0.137. The van der Waals surface area contributed by atoms with Gasteiger partial charge in [-0.05, 0) is 66.8 Å². The molecule has 1 unspecified atom stereocenters. The predicted molar refractivity (Wildman–Crippen MR) is 131 cm³/mol. The zero-order valence-electron chi connectivity index (χ0n) is 19.9. The first-order chi connectivity index (χ1) is 16.6. The fourth-order valence-corrected chi connectivity index (χ4v) is 6.00. The third-order valence-electron chi connectivity index (χ3n) is 6.36. The highest BCUT2D eigenvalue weighted by atomic mass is 32.2. The van der Waals surface area contributed by atoms with Gasteiger partial charge in [0.15, 0.2) is 0 Å². The standard InChI is InChI=1S/C27H28FNO5S/c1-17-8-10-20(23(14-27(30)31)21-11-9-18(2)24(28)13-21)12-22(17)16-29-15-19(3)34-25-6-4-5-7-26(25)35(29,32)33/h4-13,19,23H,14-16H2,1-3H3,(H,30,31)/t19-,23?/m1/s1. The molecule has 3 aromatic rings. The second-order valence-corrected chi connectivity index (χ2v) is 10.9. The third-order valence-corrected chi connectivity index (χ3v) is 8.21. The van der Waals surface area contributed by atoms with Gasteiger partial charge in [-0.2, -0.15) is 4.31 Å². The van der Waals surface area contributed by atoms with Crippen molar-refractivity contribution in [3.8, 4) is 5.75 Å². The van der Waals surface area contributed by atoms with Crippen LogP contribution in [-0.4, -0.2) is 36.4 Å². The van der Waals surface area contributed by atoms with E-state index in [9.17, 15) is 22.7 Å². The summed E-state index contributed by atoms with van der Waals surface area (Å²) in [7, 11) is -3.82. The first-order valence-electron chi connectivity index (χ1n) is 11.4. The average molecular weight is 498 g/mol. The van der Waals surface area contributed by atoms with Crippen LogP contribution in [0.5, 0.6) is 5.75 Å². The molecule has 8 heteroatoms. The summed E-state index contributed by atoms with van der Waals surface area (Å²) in [6.07, 6.45) is -0.571. The van der Waals surface area contributed by atoms with Crippen LogP contribution in [-0.2, 0) is 21.4 Å². The van der Waals surface area contributed by atoms with E-state index in [-0.39, 0.29) is 30.5 Å². The molecular weight excluding hydrogens is 469 g/mol. The van der Waals surface area contributed by atoms with Crippen molar-refractivity contribution in [3.63, 3.8) is 0 Å². The summed E-state index contributed by atoms with van der Waals surface area (Å²) in [5, 5.41) is 9.54. The second kappa shape index (κ2) is 9.79. The van der Waals surface area contributed by atoms with Crippen molar-refractivity contribution in [1.29, 1.82) is 0 Å². The van der Waals surface area contributed by atoms with Crippen LogP contribution in [0.2, 0.25) is 0 Å². The van der Waals surface area contributed by atoms with Crippen LogP contribution >= 0.6 is 0 Å². The van der Waals surface area contributed by atoms with Gasteiger partial charge in [-0.1, -0.05) is 42.5 Å². The smallest absolute Gasteiger partial charge is 0.304 e. The largest absolute Gasteiger partial charge is 0.488 e. The Hall–Kier alpha value is -3.23. The molecule has 1 aliphatic rings. The minimum absolute atomic E-state index is 0.103. The molecule has 0 aliphatic carbocycles. The highest BCUT2D eigenvalue weighted by Gasteiger charge is 2.33. The number of para-hydroxylation sites is 1. The van der Waals surface area contributed by atoms with Crippen LogP contribution in [0.4, 0.5) is 4.39 Å². The molecule has 0 saturated carbocycles. The molecule has 1 aliphatic heterocycles. The number of halogens is 1. The summed E-state index contributed by atoms with van der Waals surface area (Å²) in [4.78, 5) is 11.8. The zero-order valence-corrected chi connectivity index (χ0v) is 20.7. The van der Waals surface area contributed by atoms with Gasteiger partial charge in [0.25, 0.3) is 0 Å². The van der Waals surface area contributed by atoms with Crippen molar-refractivity contribution in [1.82, 2.24) is 4.31 Å². The number of hydrogen-bond acceptors (Lipinski definition) is 4. The molecule has 1 heterocycles. The van der Waals surface area contributed by atoms with E-state index in [1.54, 1.807) is 37.3 Å². The Morgan fingerprint density at radius 3 is 2.43 bits per heavy atom. The van der Waals surface area contributed by atoms with Crippen molar-refractivity contribution in [3.05, 3.63) is 94.3 Å². The summed E-state index contributed by atoms with van der Waals surface area (Å²) < 4.78 is 48.5. The molecule has 1 N–H and O–H groups in total. The Balaban J connectivity index is 1.73. The Labute approximate surface area is 205 Å². The van der Waals surface area contributed by atoms with Crippen LogP contribution in [0.1, 0.15) is 47.1 Å². The van der Waals surface area contributed by atoms with E-state index in [0.29, 0.717) is 22.4 Å². The Bertz CT molecular complexity index is 1370. The number of carboxylic acid groups (broad SMARTS) is 1. The van der Waals surface area contributed by atoms with Crippen LogP contribution in [0, 0.1) is 19.7 Å². The molecule has 0 spiro atoms. The molecule has 0 amide bonds. The molecule has 0 saturated heterocycles. The lowest BCUT2D eigenvalue weighted by Crippen LogP contribution is -2.35. The van der Waals surface area contributed by atoms with Crippen molar-refractivity contribution in [2.24, 2.45) is 0 Å². The van der Waals surface area contributed by atoms with Crippen LogP contribution in [0.15, 0.2) is 65.6 Å². The summed E-state index contributed by atoms with van der Waals surface area (Å²) in [6, 6.07) is 16.8. The monoisotopic (exact) mass is 497 g/mol. The highest BCUT2D eigenvalue weighted by Crippen LogP contribution is 2.34. The minimum Gasteiger partial charge on any atom is -0.488 e. The molecule has 4 rings (SSSR count). The van der Waals surface area contributed by atoms with E-state index in [1.165, 1.54) is 16.4 Å². The maximum atomic E-state index is 14.3. The summed E-state index contributed by atoms with van der Waals surface area (Å²) in [5.74, 6) is -1.65. The van der Waals surface area contributed by atoms with E-state index in [1.807, 2.05) is 32.0 Å². The minimum atomic E-state index is -3.82. The number of fused-ring (bicyclic) bond motifs is 1. The maximum absolute atomic E-state index is 14.3. The Kier molecular flexibility index (Phi) is 6.96. The van der Waals surface area contributed by atoms with E-state index in [0.717, 1.165) is 11.1 Å². The van der Waals surface area contributed by atoms with E-state index in [4.69, 9.17) is 4.74 Å². The van der Waals surface area contributed by atoms with Crippen molar-refractivity contribution in [2.45, 2.75) is 50.7 Å². The third kappa shape index (κ3) is 5.23. The molecule has 0 fully saturated rings. The highest BCUT2D eigenvalue weighted by molar-refractivity contribution is 7.89. The van der Waals surface area contributed by atoms with E-state index < -0.39 is 27.7 Å². The fraction of sp³-hybridized carbons (Fsp3) is 0.296. The van der Waals surface area contributed by atoms with Crippen LogP contribution in [0.25, 0.3) is 0 Å². The maximum Gasteiger partial charge on any atom is 0.304 e. The molecule has 0 radical (unpaired) electrons. The lowest BCUT2D eigenvalue weighted by atomic mass is 9.86. The van der Waals surface area contributed by atoms with E-state index >= 15 is 0 Å². The normalized spacial score (nSPS) is 18.2. The van der Waals surface area contributed by atoms with Crippen molar-refractivity contribution in [2.75, 3.05) is 6.54 Å². The molecule has 184 valence electrons. The summed E-state index contributed by atoms with van der Waals surface area (Å²) >= 11 is 0. The number of hydrogen-bond donors (Lipinski definition) is 1. The lowest BCUT2D eigenvalue weighted by Gasteiger charge is -2.24. The zero-order chi connectivity index (χ0) is 25.3. The van der Waals surface area contributed by atoms with Gasteiger partial charge < -0.3 is 9.84 Å². The molecular formula is C27H28FNO5S. The van der Waals surface area contributed by atoms with Gasteiger partial charge >= 0.3 is 5.97 Å². The van der Waals surface area contributed by atoms with Crippen LogP contribution in [0.3, 0.4) is 0 Å². The van der Waals surface area contributed by atoms with Gasteiger partial charge in [0.2, 0.25) is 10.0 Å². The summed E-state index contributed by atoms with van der Waals surface area (Å²) in [6.45, 7) is 5.63. The van der Waals surface area contributed by atoms with E-state index in [2.05, 4.69) is 0 Å². The van der Waals surface area contributed by atoms with Crippen molar-refractivity contribution < 1.29 is 27.4 Å². The Morgan fingerprint density at radius 1 is 1.09 bits per heavy atom. The van der Waals surface area contributed by atoms with Crippen molar-refractivity contribution >= 4 is 16.0 Å². The number of carbonyl (C=O) groups is 1. The number of aryl methyl sites for hydroxylation is 2. The second-order valence-electron chi connectivity index (χ2n) is 9.02. The van der Waals surface area contributed by atoms with Gasteiger partial charge in [0.05, 0.1) is 13.0 Å². The average Bonchev–Trinajstić information content (AvgIpc) is 2.89. The topological polar surface area (TPSA) is 83.9 Å². The quantitative estimate of drug-likeness (QED) is 0.517. The Morgan fingerprint density at radius 2 is 1.74 bits per heavy atom. The molecule has 3 aromatic carbocycles. The number of aliphatic carboxylic acids is 1. The summed E-state index contributed by atoms with van der Waals surface area (Å²) in [5.41, 5.74) is 3.35. The number of carboxylic acids is 1. The molecule has 6 nitrogen and oxygen atoms in total. The van der Waals surface area contributed by atoms with Gasteiger partial charge in [-0.3, -0.25) is 4.79 Å². The molecule has 0 bridgehead atoms. The SMILES string of the molecule is Cc1ccc(C(CC(=O)O)c2ccc(C)c(CN3C[C@@H](C)Oc4ccccc4S3(=O)=O)c2)cc1F. The first-order valence-corrected chi connectivity index (χ1v) is 12.8. The molecule has 2 atom stereocenters. The van der Waals surface area contributed by atoms with Crippen LogP contribution < -0.4 is 4.74 Å². The van der Waals surface area contributed by atoms with Gasteiger partial charge in [-0.25, -0.2) is 12.8 Å². The fourth-order valence-electron chi connectivity index (χ4n) is 4.39. The molecule has 0 aromatic heterocycles. The predicted octanol–water partition coefficient (Wildman–Crippen LogP) is 5.02. The number of ether oxygens (including phenoxy) is 1. The number of rotatable bonds is 6. The number of sulfonamides is 1. The molecule has 35 heavy (non-hydrogen) atoms. The number of nitrogens with zero attached hydrogens (tertiary/aromatic N) is 1. The van der Waals surface area contributed by atoms with Gasteiger partial charge in [0.1, 0.15) is 22.6 Å². The first kappa shape index (κ1) is 24.9. The van der Waals surface area contributed by atoms with Gasteiger partial charge in [0, 0.05) is 12.5 Å². The van der Waals surface area contributed by atoms with Gasteiger partial charge in [-0.15, -0.1) is 0 Å². The number of benzene rings is 3.